The summed E-state index contributed by atoms with van der Waals surface area (Å²) in [5, 5.41) is 5.69. The molecule has 2 N–H and O–H groups in total. The van der Waals surface area contributed by atoms with Crippen LogP contribution in [-0.2, 0) is 9.84 Å². The van der Waals surface area contributed by atoms with E-state index in [-0.39, 0.29) is 23.2 Å². The van der Waals surface area contributed by atoms with Gasteiger partial charge < -0.3 is 10.6 Å². The SMILES string of the molecule is CC(NC(=O)NCC(C)(C)CCS(C)(=O)=O)c1ccccc1. The van der Waals surface area contributed by atoms with Crippen LogP contribution in [0.4, 0.5) is 4.79 Å². The topological polar surface area (TPSA) is 75.3 Å². The second kappa shape index (κ2) is 7.63. The highest BCUT2D eigenvalue weighted by Crippen LogP contribution is 2.20. The summed E-state index contributed by atoms with van der Waals surface area (Å²) >= 11 is 0. The molecule has 0 spiro atoms. The maximum Gasteiger partial charge on any atom is 0.315 e. The Hall–Kier alpha value is -1.56. The quantitative estimate of drug-likeness (QED) is 0.808. The highest BCUT2D eigenvalue weighted by atomic mass is 32.2. The van der Waals surface area contributed by atoms with Gasteiger partial charge in [0.2, 0.25) is 0 Å². The van der Waals surface area contributed by atoms with Crippen molar-refractivity contribution < 1.29 is 13.2 Å². The summed E-state index contributed by atoms with van der Waals surface area (Å²) in [6.07, 6.45) is 1.74. The maximum absolute atomic E-state index is 11.9. The molecule has 5 nitrogen and oxygen atoms in total. The number of hydrogen-bond acceptors (Lipinski definition) is 3. The van der Waals surface area contributed by atoms with Crippen molar-refractivity contribution in [1.29, 1.82) is 0 Å². The molecule has 1 atom stereocenters. The summed E-state index contributed by atoms with van der Waals surface area (Å²) in [4.78, 5) is 11.9. The molecule has 0 bridgehead atoms. The van der Waals surface area contributed by atoms with E-state index >= 15 is 0 Å². The number of carbonyl (C=O) groups excluding carboxylic acids is 1. The van der Waals surface area contributed by atoms with Crippen molar-refractivity contribution in [1.82, 2.24) is 10.6 Å². The molecule has 0 fully saturated rings. The predicted molar refractivity (Wildman–Crippen MR) is 89.5 cm³/mol. The maximum atomic E-state index is 11.9. The molecule has 1 unspecified atom stereocenters. The third kappa shape index (κ3) is 7.45. The van der Waals surface area contributed by atoms with Gasteiger partial charge in [0.15, 0.2) is 0 Å². The number of hydrogen-bond donors (Lipinski definition) is 2. The molecule has 1 rings (SSSR count). The normalized spacial score (nSPS) is 13.5. The Morgan fingerprint density at radius 3 is 2.36 bits per heavy atom. The van der Waals surface area contributed by atoms with E-state index in [2.05, 4.69) is 10.6 Å². The van der Waals surface area contributed by atoms with E-state index in [1.807, 2.05) is 51.1 Å². The van der Waals surface area contributed by atoms with E-state index in [9.17, 15) is 13.2 Å². The third-order valence-corrected chi connectivity index (χ3v) is 4.47. The average molecular weight is 326 g/mol. The molecule has 0 saturated carbocycles. The number of sulfone groups is 1. The monoisotopic (exact) mass is 326 g/mol. The molecule has 6 heteroatoms. The van der Waals surface area contributed by atoms with Gasteiger partial charge in [-0.15, -0.1) is 0 Å². The van der Waals surface area contributed by atoms with Crippen LogP contribution in [0.5, 0.6) is 0 Å². The average Bonchev–Trinajstić information content (AvgIpc) is 2.44. The molecule has 0 aliphatic carbocycles. The van der Waals surface area contributed by atoms with E-state index in [0.29, 0.717) is 13.0 Å². The Morgan fingerprint density at radius 2 is 1.82 bits per heavy atom. The summed E-state index contributed by atoms with van der Waals surface area (Å²) in [5.74, 6) is 0.129. The van der Waals surface area contributed by atoms with Gasteiger partial charge in [0, 0.05) is 12.8 Å². The highest BCUT2D eigenvalue weighted by molar-refractivity contribution is 7.90. The lowest BCUT2D eigenvalue weighted by Crippen LogP contribution is -2.42. The van der Waals surface area contributed by atoms with Gasteiger partial charge in [-0.3, -0.25) is 0 Å². The van der Waals surface area contributed by atoms with E-state index in [4.69, 9.17) is 0 Å². The number of nitrogens with one attached hydrogen (secondary N) is 2. The van der Waals surface area contributed by atoms with Crippen LogP contribution in [0, 0.1) is 5.41 Å². The fraction of sp³-hybridized carbons (Fsp3) is 0.562. The summed E-state index contributed by atoms with van der Waals surface area (Å²) in [7, 11) is -2.98. The van der Waals surface area contributed by atoms with E-state index < -0.39 is 9.84 Å². The lowest BCUT2D eigenvalue weighted by Gasteiger charge is -2.25. The Morgan fingerprint density at radius 1 is 1.23 bits per heavy atom. The fourth-order valence-electron chi connectivity index (χ4n) is 1.94. The zero-order valence-corrected chi connectivity index (χ0v) is 14.5. The number of urea groups is 1. The molecule has 0 radical (unpaired) electrons. The van der Waals surface area contributed by atoms with Gasteiger partial charge >= 0.3 is 6.03 Å². The molecule has 1 aromatic rings. The number of rotatable bonds is 7. The van der Waals surface area contributed by atoms with Crippen molar-refractivity contribution in [2.24, 2.45) is 5.41 Å². The van der Waals surface area contributed by atoms with Crippen LogP contribution in [0.15, 0.2) is 30.3 Å². The number of benzene rings is 1. The first-order valence-electron chi connectivity index (χ1n) is 7.36. The Bertz CT molecular complexity index is 583. The molecular weight excluding hydrogens is 300 g/mol. The van der Waals surface area contributed by atoms with Gasteiger partial charge in [-0.05, 0) is 24.3 Å². The molecule has 0 aliphatic rings. The van der Waals surface area contributed by atoms with Crippen molar-refractivity contribution in [3.8, 4) is 0 Å². The van der Waals surface area contributed by atoms with E-state index in [0.717, 1.165) is 5.56 Å². The van der Waals surface area contributed by atoms with Crippen molar-refractivity contribution in [3.05, 3.63) is 35.9 Å². The first-order chi connectivity index (χ1) is 10.1. The standard InChI is InChI=1S/C16H26N2O3S/c1-13(14-8-6-5-7-9-14)18-15(19)17-12-16(2,3)10-11-22(4,20)21/h5-9,13H,10-12H2,1-4H3,(H2,17,18,19). The third-order valence-electron chi connectivity index (χ3n) is 3.52. The van der Waals surface area contributed by atoms with E-state index in [1.165, 1.54) is 6.26 Å². The highest BCUT2D eigenvalue weighted by Gasteiger charge is 2.21. The zero-order chi connectivity index (χ0) is 16.8. The molecule has 0 aromatic heterocycles. The molecule has 0 saturated heterocycles. The first kappa shape index (κ1) is 18.5. The van der Waals surface area contributed by atoms with E-state index in [1.54, 1.807) is 0 Å². The van der Waals surface area contributed by atoms with Crippen molar-refractivity contribution in [2.75, 3.05) is 18.6 Å². The molecule has 0 heterocycles. The first-order valence-corrected chi connectivity index (χ1v) is 9.42. The van der Waals surface area contributed by atoms with Crippen LogP contribution in [0.25, 0.3) is 0 Å². The molecule has 1 aromatic carbocycles. The molecule has 2 amide bonds. The van der Waals surface area contributed by atoms with Gasteiger partial charge in [0.25, 0.3) is 0 Å². The van der Waals surface area contributed by atoms with Crippen LogP contribution in [0.2, 0.25) is 0 Å². The van der Waals surface area contributed by atoms with Crippen molar-refractivity contribution in [2.45, 2.75) is 33.2 Å². The lowest BCUT2D eigenvalue weighted by atomic mass is 9.90. The Labute approximate surface area is 133 Å². The van der Waals surface area contributed by atoms with Gasteiger partial charge in [0.1, 0.15) is 9.84 Å². The molecule has 0 aliphatic heterocycles. The zero-order valence-electron chi connectivity index (χ0n) is 13.7. The van der Waals surface area contributed by atoms with Gasteiger partial charge in [0.05, 0.1) is 11.8 Å². The lowest BCUT2D eigenvalue weighted by molar-refractivity contribution is 0.230. The Kier molecular flexibility index (Phi) is 6.41. The fourth-order valence-corrected chi connectivity index (χ4v) is 2.87. The van der Waals surface area contributed by atoms with Gasteiger partial charge in [-0.1, -0.05) is 44.2 Å². The smallest absolute Gasteiger partial charge is 0.315 e. The van der Waals surface area contributed by atoms with Crippen LogP contribution < -0.4 is 10.6 Å². The van der Waals surface area contributed by atoms with Gasteiger partial charge in [-0.2, -0.15) is 0 Å². The number of amides is 2. The molecule has 124 valence electrons. The van der Waals surface area contributed by atoms with Crippen LogP contribution in [0.3, 0.4) is 0 Å². The molecule has 22 heavy (non-hydrogen) atoms. The minimum absolute atomic E-state index is 0.0830. The minimum Gasteiger partial charge on any atom is -0.338 e. The second-order valence-electron chi connectivity index (χ2n) is 6.50. The van der Waals surface area contributed by atoms with Crippen molar-refractivity contribution >= 4 is 15.9 Å². The summed E-state index contributed by atoms with van der Waals surface area (Å²) < 4.78 is 22.4. The Balaban J connectivity index is 2.42. The minimum atomic E-state index is -2.98. The largest absolute Gasteiger partial charge is 0.338 e. The van der Waals surface area contributed by atoms with Crippen LogP contribution in [0.1, 0.15) is 38.8 Å². The summed E-state index contributed by atoms with van der Waals surface area (Å²) in [6, 6.07) is 9.38. The molecular formula is C16H26N2O3S. The predicted octanol–water partition coefficient (Wildman–Crippen LogP) is 2.51. The summed E-state index contributed by atoms with van der Waals surface area (Å²) in [5.41, 5.74) is 0.769. The summed E-state index contributed by atoms with van der Waals surface area (Å²) in [6.45, 7) is 6.23. The van der Waals surface area contributed by atoms with Crippen molar-refractivity contribution in [3.63, 3.8) is 0 Å². The number of carbonyl (C=O) groups is 1. The van der Waals surface area contributed by atoms with Gasteiger partial charge in [-0.25, -0.2) is 13.2 Å². The second-order valence-corrected chi connectivity index (χ2v) is 8.76. The van der Waals surface area contributed by atoms with Crippen LogP contribution in [-0.4, -0.2) is 33.0 Å². The van der Waals surface area contributed by atoms with Crippen LogP contribution >= 0.6 is 0 Å².